The van der Waals surface area contributed by atoms with Gasteiger partial charge in [-0.25, -0.2) is 0 Å². The summed E-state index contributed by atoms with van der Waals surface area (Å²) in [6.45, 7) is 5.57. The Morgan fingerprint density at radius 2 is 1.93 bits per heavy atom. The first-order valence-corrected chi connectivity index (χ1v) is 11.9. The van der Waals surface area contributed by atoms with Crippen molar-refractivity contribution in [1.29, 1.82) is 0 Å². The number of hydrogen-bond donors (Lipinski definition) is 1. The molecule has 3 aliphatic rings. The Morgan fingerprint density at radius 3 is 2.64 bits per heavy atom. The normalized spacial score (nSPS) is 24.7. The average Bonchev–Trinajstić information content (AvgIpc) is 3.46. The summed E-state index contributed by atoms with van der Waals surface area (Å²) in [6, 6.07) is 3.82. The molecule has 1 unspecified atom stereocenters. The molecule has 1 aliphatic carbocycles. The van der Waals surface area contributed by atoms with E-state index in [2.05, 4.69) is 10.2 Å². The van der Waals surface area contributed by atoms with E-state index < -0.39 is 0 Å². The van der Waals surface area contributed by atoms with E-state index in [9.17, 15) is 9.59 Å². The lowest BCUT2D eigenvalue weighted by molar-refractivity contribution is -0.128. The molecular formula is C22H33N3O2S. The number of nitrogens with zero attached hydrogens (tertiary/aromatic N) is 2. The molecule has 0 radical (unpaired) electrons. The van der Waals surface area contributed by atoms with Crippen LogP contribution in [0.5, 0.6) is 0 Å². The predicted molar refractivity (Wildman–Crippen MR) is 113 cm³/mol. The van der Waals surface area contributed by atoms with Gasteiger partial charge in [0.25, 0.3) is 5.91 Å². The van der Waals surface area contributed by atoms with Gasteiger partial charge in [0, 0.05) is 25.0 Å². The Balaban J connectivity index is 1.36. The van der Waals surface area contributed by atoms with E-state index in [4.69, 9.17) is 0 Å². The van der Waals surface area contributed by atoms with Crippen molar-refractivity contribution >= 4 is 23.2 Å². The monoisotopic (exact) mass is 403 g/mol. The van der Waals surface area contributed by atoms with E-state index in [0.29, 0.717) is 6.54 Å². The first-order chi connectivity index (χ1) is 13.7. The first-order valence-electron chi connectivity index (χ1n) is 11.0. The molecule has 2 amide bonds. The second kappa shape index (κ2) is 8.95. The predicted octanol–water partition coefficient (Wildman–Crippen LogP) is 3.37. The highest BCUT2D eigenvalue weighted by atomic mass is 32.1. The molecule has 4 rings (SSSR count). The van der Waals surface area contributed by atoms with Gasteiger partial charge in [-0.2, -0.15) is 0 Å². The molecule has 1 aromatic heterocycles. The lowest BCUT2D eigenvalue weighted by atomic mass is 9.67. The molecule has 154 valence electrons. The van der Waals surface area contributed by atoms with Crippen molar-refractivity contribution in [3.8, 4) is 0 Å². The van der Waals surface area contributed by atoms with Crippen LogP contribution in [-0.4, -0.2) is 60.9 Å². The van der Waals surface area contributed by atoms with Crippen LogP contribution in [0.15, 0.2) is 17.5 Å². The van der Waals surface area contributed by atoms with Crippen molar-refractivity contribution in [2.24, 2.45) is 11.3 Å². The molecule has 2 aliphatic heterocycles. The average molecular weight is 404 g/mol. The number of thiophene rings is 1. The summed E-state index contributed by atoms with van der Waals surface area (Å²) in [7, 11) is 0. The van der Waals surface area contributed by atoms with Gasteiger partial charge in [-0.05, 0) is 63.2 Å². The van der Waals surface area contributed by atoms with E-state index >= 15 is 0 Å². The maximum atomic E-state index is 13.1. The minimum atomic E-state index is -0.0523. The van der Waals surface area contributed by atoms with Crippen LogP contribution in [0.2, 0.25) is 0 Å². The van der Waals surface area contributed by atoms with Crippen molar-refractivity contribution < 1.29 is 9.59 Å². The molecule has 3 heterocycles. The van der Waals surface area contributed by atoms with Crippen LogP contribution in [0.1, 0.15) is 61.0 Å². The highest BCUT2D eigenvalue weighted by Gasteiger charge is 2.51. The summed E-state index contributed by atoms with van der Waals surface area (Å²) in [4.78, 5) is 31.2. The summed E-state index contributed by atoms with van der Waals surface area (Å²) < 4.78 is 0. The fraction of sp³-hybridized carbons (Fsp3) is 0.727. The van der Waals surface area contributed by atoms with Crippen LogP contribution in [0, 0.1) is 11.3 Å². The quantitative estimate of drug-likeness (QED) is 0.741. The lowest BCUT2D eigenvalue weighted by Crippen LogP contribution is -2.43. The van der Waals surface area contributed by atoms with Crippen LogP contribution < -0.4 is 5.32 Å². The van der Waals surface area contributed by atoms with Crippen LogP contribution in [0.25, 0.3) is 0 Å². The van der Waals surface area contributed by atoms with E-state index in [-0.39, 0.29) is 23.1 Å². The van der Waals surface area contributed by atoms with Gasteiger partial charge in [0.15, 0.2) is 0 Å². The highest BCUT2D eigenvalue weighted by molar-refractivity contribution is 7.12. The van der Waals surface area contributed by atoms with Crippen molar-refractivity contribution in [1.82, 2.24) is 15.1 Å². The van der Waals surface area contributed by atoms with E-state index in [1.807, 2.05) is 22.4 Å². The van der Waals surface area contributed by atoms with Crippen LogP contribution in [0.4, 0.5) is 0 Å². The fourth-order valence-electron chi connectivity index (χ4n) is 5.45. The third-order valence-corrected chi connectivity index (χ3v) is 7.84. The maximum Gasteiger partial charge on any atom is 0.263 e. The molecule has 2 saturated heterocycles. The third-order valence-electron chi connectivity index (χ3n) is 6.98. The molecule has 1 atom stereocenters. The second-order valence-corrected chi connectivity index (χ2v) is 9.78. The van der Waals surface area contributed by atoms with Gasteiger partial charge in [0.05, 0.1) is 10.8 Å². The Morgan fingerprint density at radius 1 is 1.14 bits per heavy atom. The molecule has 1 aromatic rings. The molecule has 6 heteroatoms. The zero-order valence-electron chi connectivity index (χ0n) is 16.8. The maximum absolute atomic E-state index is 13.1. The van der Waals surface area contributed by atoms with Crippen molar-refractivity contribution in [2.75, 3.05) is 39.3 Å². The third kappa shape index (κ3) is 4.28. The standard InChI is InChI=1S/C22H33N3O2S/c26-20(23-11-7-14-24-12-4-5-13-24)18-16-25(21(27)19-8-6-15-28-19)17-22(18)9-2-1-3-10-22/h6,8,15,18H,1-5,7,9-14,16-17H2,(H,23,26). The zero-order chi connectivity index (χ0) is 19.4. The van der Waals surface area contributed by atoms with Crippen molar-refractivity contribution in [3.63, 3.8) is 0 Å². The highest BCUT2D eigenvalue weighted by Crippen LogP contribution is 2.48. The van der Waals surface area contributed by atoms with Crippen molar-refractivity contribution in [2.45, 2.75) is 51.4 Å². The van der Waals surface area contributed by atoms with Crippen LogP contribution >= 0.6 is 11.3 Å². The van der Waals surface area contributed by atoms with Gasteiger partial charge in [0.2, 0.25) is 5.91 Å². The molecule has 3 fully saturated rings. The first kappa shape index (κ1) is 19.9. The topological polar surface area (TPSA) is 52.7 Å². The number of nitrogens with one attached hydrogen (secondary N) is 1. The molecule has 1 spiro atoms. The van der Waals surface area contributed by atoms with E-state index in [0.717, 1.165) is 43.8 Å². The summed E-state index contributed by atoms with van der Waals surface area (Å²) in [5.74, 6) is 0.220. The van der Waals surface area contributed by atoms with E-state index in [1.54, 1.807) is 0 Å². The number of carbonyl (C=O) groups excluding carboxylic acids is 2. The zero-order valence-corrected chi connectivity index (χ0v) is 17.6. The van der Waals surface area contributed by atoms with Gasteiger partial charge >= 0.3 is 0 Å². The van der Waals surface area contributed by atoms with Crippen LogP contribution in [0.3, 0.4) is 0 Å². The number of carbonyl (C=O) groups is 2. The summed E-state index contributed by atoms with van der Waals surface area (Å²) in [5.41, 5.74) is -0.00972. The van der Waals surface area contributed by atoms with Gasteiger partial charge in [-0.15, -0.1) is 11.3 Å². The SMILES string of the molecule is O=C(NCCCN1CCCC1)C1CN(C(=O)c2cccs2)CC12CCCCC2. The van der Waals surface area contributed by atoms with E-state index in [1.165, 1.54) is 56.5 Å². The number of likely N-dealkylation sites (tertiary alicyclic amines) is 2. The number of rotatable bonds is 6. The minimum absolute atomic E-state index is 0.00972. The molecular weight excluding hydrogens is 370 g/mol. The molecule has 1 saturated carbocycles. The number of hydrogen-bond acceptors (Lipinski definition) is 4. The molecule has 0 bridgehead atoms. The molecule has 0 aromatic carbocycles. The largest absolute Gasteiger partial charge is 0.356 e. The van der Waals surface area contributed by atoms with Gasteiger partial charge in [0.1, 0.15) is 0 Å². The second-order valence-electron chi connectivity index (χ2n) is 8.83. The van der Waals surface area contributed by atoms with Gasteiger partial charge < -0.3 is 15.1 Å². The summed E-state index contributed by atoms with van der Waals surface area (Å²) in [6.07, 6.45) is 9.41. The smallest absolute Gasteiger partial charge is 0.263 e. The summed E-state index contributed by atoms with van der Waals surface area (Å²) in [5, 5.41) is 5.16. The minimum Gasteiger partial charge on any atom is -0.356 e. The Bertz CT molecular complexity index is 663. The lowest BCUT2D eigenvalue weighted by Gasteiger charge is -2.37. The van der Waals surface area contributed by atoms with Crippen LogP contribution in [-0.2, 0) is 4.79 Å². The Kier molecular flexibility index (Phi) is 6.36. The number of amides is 2. The van der Waals surface area contributed by atoms with Gasteiger partial charge in [-0.1, -0.05) is 25.3 Å². The van der Waals surface area contributed by atoms with Crippen molar-refractivity contribution in [3.05, 3.63) is 22.4 Å². The summed E-state index contributed by atoms with van der Waals surface area (Å²) >= 11 is 1.50. The molecule has 1 N–H and O–H groups in total. The fourth-order valence-corrected chi connectivity index (χ4v) is 6.14. The Labute approximate surface area is 172 Å². The Hall–Kier alpha value is -1.40. The van der Waals surface area contributed by atoms with Gasteiger partial charge in [-0.3, -0.25) is 9.59 Å². The molecule has 28 heavy (non-hydrogen) atoms. The molecule has 5 nitrogen and oxygen atoms in total.